The smallest absolute Gasteiger partial charge is 0.0482 e. The van der Waals surface area contributed by atoms with Crippen LogP contribution in [0.25, 0.3) is 22.5 Å². The number of hydrogen-bond donors (Lipinski definition) is 2. The quantitative estimate of drug-likeness (QED) is 0.259. The van der Waals surface area contributed by atoms with Gasteiger partial charge in [-0.05, 0) is 83.9 Å². The first-order valence-corrected chi connectivity index (χ1v) is 12.0. The lowest BCUT2D eigenvalue weighted by Crippen LogP contribution is -2.09. The van der Waals surface area contributed by atoms with Crippen LogP contribution in [0.4, 0.5) is 34.1 Å². The molecule has 0 aliphatic heterocycles. The number of hydrogen-bond acceptors (Lipinski definition) is 4. The molecular formula is C31H31N5. The largest absolute Gasteiger partial charge is 0.399 e. The summed E-state index contributed by atoms with van der Waals surface area (Å²) in [4.78, 5) is 4.28. The van der Waals surface area contributed by atoms with Crippen LogP contribution < -0.4 is 21.3 Å². The molecule has 0 unspecified atom stereocenters. The highest BCUT2D eigenvalue weighted by Crippen LogP contribution is 2.32. The molecule has 180 valence electrons. The van der Waals surface area contributed by atoms with Crippen LogP contribution >= 0.6 is 0 Å². The van der Waals surface area contributed by atoms with E-state index in [4.69, 9.17) is 11.5 Å². The molecule has 0 aliphatic carbocycles. The molecule has 0 atom stereocenters. The van der Waals surface area contributed by atoms with Crippen LogP contribution in [0.3, 0.4) is 0 Å². The van der Waals surface area contributed by atoms with Crippen molar-refractivity contribution in [3.05, 3.63) is 109 Å². The molecule has 5 heteroatoms. The molecule has 0 aliphatic rings. The van der Waals surface area contributed by atoms with E-state index in [1.165, 1.54) is 22.5 Å². The summed E-state index contributed by atoms with van der Waals surface area (Å²) in [6.07, 6.45) is 0. The molecule has 5 nitrogen and oxygen atoms in total. The summed E-state index contributed by atoms with van der Waals surface area (Å²) in [5, 5.41) is 0. The predicted molar refractivity (Wildman–Crippen MR) is 154 cm³/mol. The van der Waals surface area contributed by atoms with Crippen molar-refractivity contribution in [3.63, 3.8) is 0 Å². The third kappa shape index (κ3) is 4.51. The van der Waals surface area contributed by atoms with Crippen LogP contribution in [0.1, 0.15) is 0 Å². The summed E-state index contributed by atoms with van der Waals surface area (Å²) in [7, 11) is 6.22. The van der Waals surface area contributed by atoms with Gasteiger partial charge in [0.15, 0.2) is 0 Å². The van der Waals surface area contributed by atoms with Crippen LogP contribution in [-0.2, 0) is 7.05 Å². The first kappa shape index (κ1) is 23.1. The van der Waals surface area contributed by atoms with Gasteiger partial charge < -0.3 is 25.8 Å². The van der Waals surface area contributed by atoms with Gasteiger partial charge in [-0.2, -0.15) is 0 Å². The Kier molecular flexibility index (Phi) is 6.13. The van der Waals surface area contributed by atoms with Gasteiger partial charge in [0.25, 0.3) is 0 Å². The summed E-state index contributed by atoms with van der Waals surface area (Å²) >= 11 is 0. The average Bonchev–Trinajstić information content (AvgIpc) is 3.29. The van der Waals surface area contributed by atoms with Crippen molar-refractivity contribution in [3.8, 4) is 22.5 Å². The highest BCUT2D eigenvalue weighted by Gasteiger charge is 2.11. The lowest BCUT2D eigenvalue weighted by atomic mass is 10.1. The number of benzene rings is 4. The Balaban J connectivity index is 1.36. The van der Waals surface area contributed by atoms with Gasteiger partial charge in [-0.15, -0.1) is 0 Å². The van der Waals surface area contributed by atoms with E-state index in [-0.39, 0.29) is 0 Å². The lowest BCUT2D eigenvalue weighted by molar-refractivity contribution is 0.946. The van der Waals surface area contributed by atoms with E-state index in [2.05, 4.69) is 108 Å². The van der Waals surface area contributed by atoms with Crippen LogP contribution in [0.5, 0.6) is 0 Å². The van der Waals surface area contributed by atoms with Crippen molar-refractivity contribution in [2.24, 2.45) is 7.05 Å². The molecule has 36 heavy (non-hydrogen) atoms. The maximum absolute atomic E-state index is 5.96. The molecule has 1 aromatic heterocycles. The fourth-order valence-electron chi connectivity index (χ4n) is 4.57. The molecule has 0 radical (unpaired) electrons. The van der Waals surface area contributed by atoms with E-state index >= 15 is 0 Å². The topological polar surface area (TPSA) is 63.5 Å². The number of nitrogen functional groups attached to an aromatic ring is 2. The van der Waals surface area contributed by atoms with Gasteiger partial charge in [0.05, 0.1) is 0 Å². The van der Waals surface area contributed by atoms with Crippen LogP contribution in [0.2, 0.25) is 0 Å². The van der Waals surface area contributed by atoms with Crippen molar-refractivity contribution in [1.29, 1.82) is 0 Å². The summed E-state index contributed by atoms with van der Waals surface area (Å²) < 4.78 is 2.24. The van der Waals surface area contributed by atoms with Gasteiger partial charge in [-0.25, -0.2) is 0 Å². The molecule has 1 heterocycles. The molecule has 4 aromatic carbocycles. The van der Waals surface area contributed by atoms with Gasteiger partial charge in [-0.3, -0.25) is 0 Å². The fraction of sp³-hybridized carbons (Fsp3) is 0.0968. The minimum absolute atomic E-state index is 0.761. The number of aromatic nitrogens is 1. The predicted octanol–water partition coefficient (Wildman–Crippen LogP) is 7.06. The number of nitrogens with zero attached hydrogens (tertiary/aromatic N) is 3. The summed E-state index contributed by atoms with van der Waals surface area (Å²) in [6, 6.07) is 37.4. The molecule has 0 saturated carbocycles. The highest BCUT2D eigenvalue weighted by molar-refractivity contribution is 5.74. The molecule has 0 spiro atoms. The number of nitrogens with two attached hydrogens (primary N) is 2. The second kappa shape index (κ2) is 9.55. The number of rotatable bonds is 6. The van der Waals surface area contributed by atoms with E-state index in [9.17, 15) is 0 Å². The van der Waals surface area contributed by atoms with E-state index in [0.29, 0.717) is 0 Å². The van der Waals surface area contributed by atoms with Crippen molar-refractivity contribution in [2.45, 2.75) is 0 Å². The van der Waals surface area contributed by atoms with Crippen molar-refractivity contribution >= 4 is 34.1 Å². The zero-order valence-corrected chi connectivity index (χ0v) is 20.9. The van der Waals surface area contributed by atoms with Crippen molar-refractivity contribution in [2.75, 3.05) is 35.4 Å². The molecule has 0 bridgehead atoms. The Morgan fingerprint density at radius 1 is 0.500 bits per heavy atom. The standard InChI is InChI=1S/C31H31N5/c1-34(28-8-4-6-24(32)20-28)26-14-10-22(11-15-26)30-18-19-31(36(30)3)23-12-16-27(17-13-23)35(2)29-9-5-7-25(33)21-29/h4-21H,32-33H2,1-3H3. The Morgan fingerprint density at radius 2 is 0.889 bits per heavy atom. The van der Waals surface area contributed by atoms with E-state index in [1.54, 1.807) is 0 Å². The molecule has 5 aromatic rings. The molecule has 0 saturated heterocycles. The average molecular weight is 474 g/mol. The van der Waals surface area contributed by atoms with E-state index < -0.39 is 0 Å². The molecule has 5 rings (SSSR count). The third-order valence-corrected chi connectivity index (χ3v) is 6.74. The van der Waals surface area contributed by atoms with Gasteiger partial charge >= 0.3 is 0 Å². The maximum atomic E-state index is 5.96. The third-order valence-electron chi connectivity index (χ3n) is 6.74. The lowest BCUT2D eigenvalue weighted by Gasteiger charge is -2.20. The van der Waals surface area contributed by atoms with Gasteiger partial charge in [0.1, 0.15) is 0 Å². The second-order valence-electron chi connectivity index (χ2n) is 9.06. The zero-order valence-electron chi connectivity index (χ0n) is 20.9. The Morgan fingerprint density at radius 3 is 1.25 bits per heavy atom. The van der Waals surface area contributed by atoms with Gasteiger partial charge in [0.2, 0.25) is 0 Å². The van der Waals surface area contributed by atoms with Crippen LogP contribution in [0.15, 0.2) is 109 Å². The second-order valence-corrected chi connectivity index (χ2v) is 9.06. The highest BCUT2D eigenvalue weighted by atomic mass is 15.1. The van der Waals surface area contributed by atoms with E-state index in [1.807, 2.05) is 36.4 Å². The molecule has 4 N–H and O–H groups in total. The van der Waals surface area contributed by atoms with Crippen LogP contribution in [-0.4, -0.2) is 18.7 Å². The maximum Gasteiger partial charge on any atom is 0.0482 e. The molecule has 0 fully saturated rings. The number of anilines is 6. The molecule has 0 amide bonds. The zero-order chi connectivity index (χ0) is 25.2. The monoisotopic (exact) mass is 473 g/mol. The van der Waals surface area contributed by atoms with Crippen molar-refractivity contribution < 1.29 is 0 Å². The Bertz CT molecular complexity index is 1370. The van der Waals surface area contributed by atoms with Gasteiger partial charge in [0, 0.05) is 66.7 Å². The minimum atomic E-state index is 0.761. The Hall–Kier alpha value is -4.64. The van der Waals surface area contributed by atoms with Crippen LogP contribution in [0, 0.1) is 0 Å². The van der Waals surface area contributed by atoms with Crippen molar-refractivity contribution in [1.82, 2.24) is 4.57 Å². The summed E-state index contributed by atoms with van der Waals surface area (Å²) in [6.45, 7) is 0. The van der Waals surface area contributed by atoms with Gasteiger partial charge in [-0.1, -0.05) is 36.4 Å². The first-order valence-electron chi connectivity index (χ1n) is 12.0. The summed E-state index contributed by atoms with van der Waals surface area (Å²) in [5.41, 5.74) is 22.5. The van der Waals surface area contributed by atoms with E-state index in [0.717, 1.165) is 34.1 Å². The Labute approximate surface area is 212 Å². The normalized spacial score (nSPS) is 10.9. The first-order chi connectivity index (χ1) is 17.4. The fourth-order valence-corrected chi connectivity index (χ4v) is 4.57. The SMILES string of the molecule is CN(c1ccc(-c2ccc(-c3ccc(N(C)c4cccc(N)c4)cc3)n2C)cc1)c1cccc(N)c1. The molecular weight excluding hydrogens is 442 g/mol. The minimum Gasteiger partial charge on any atom is -0.399 e. The summed E-state index contributed by atoms with van der Waals surface area (Å²) in [5.74, 6) is 0.